The van der Waals surface area contributed by atoms with Crippen LogP contribution in [0, 0.1) is 0 Å². The van der Waals surface area contributed by atoms with Gasteiger partial charge in [0.1, 0.15) is 17.9 Å². The Bertz CT molecular complexity index is 1420. The van der Waals surface area contributed by atoms with Gasteiger partial charge in [-0.1, -0.05) is 69.4 Å². The Morgan fingerprint density at radius 2 is 1.60 bits per heavy atom. The molecule has 8 nitrogen and oxygen atoms in total. The Labute approximate surface area is 254 Å². The quantitative estimate of drug-likeness (QED) is 0.112. The maximum Gasteiger partial charge on any atom is 0.335 e. The Morgan fingerprint density at radius 1 is 0.881 bits per heavy atom. The van der Waals surface area contributed by atoms with Gasteiger partial charge in [0.15, 0.2) is 11.5 Å². The van der Waals surface area contributed by atoms with E-state index in [2.05, 4.69) is 28.2 Å². The molecule has 1 N–H and O–H groups in total. The summed E-state index contributed by atoms with van der Waals surface area (Å²) in [5.41, 5.74) is 1.66. The number of hydrogen-bond acceptors (Lipinski definition) is 6. The van der Waals surface area contributed by atoms with Crippen molar-refractivity contribution in [3.8, 4) is 17.2 Å². The molecule has 0 aliphatic carbocycles. The molecule has 0 aromatic heterocycles. The van der Waals surface area contributed by atoms with Gasteiger partial charge < -0.3 is 14.2 Å². The number of ether oxygens (including phenoxy) is 3. The van der Waals surface area contributed by atoms with E-state index in [1.807, 2.05) is 30.3 Å². The van der Waals surface area contributed by atoms with E-state index in [0.717, 1.165) is 23.3 Å². The van der Waals surface area contributed by atoms with Crippen LogP contribution in [0.2, 0.25) is 0 Å². The van der Waals surface area contributed by atoms with E-state index in [9.17, 15) is 14.4 Å². The number of unbranched alkanes of at least 4 members (excludes halogenated alkanes) is 5. The number of imide groups is 2. The Balaban J connectivity index is 1.46. The van der Waals surface area contributed by atoms with Crippen molar-refractivity contribution in [1.82, 2.24) is 5.32 Å². The molecule has 0 atom stereocenters. The number of carbonyl (C=O) groups is 3. The maximum atomic E-state index is 13.4. The number of methoxy groups -OCH3 is 1. The van der Waals surface area contributed by atoms with E-state index < -0.39 is 17.8 Å². The molecule has 1 aliphatic heterocycles. The molecule has 9 heteroatoms. The summed E-state index contributed by atoms with van der Waals surface area (Å²) < 4.78 is 18.0. The number of halogens is 1. The van der Waals surface area contributed by atoms with Gasteiger partial charge in [0, 0.05) is 0 Å². The van der Waals surface area contributed by atoms with Crippen molar-refractivity contribution in [2.24, 2.45) is 0 Å². The third kappa shape index (κ3) is 8.00. The van der Waals surface area contributed by atoms with Crippen molar-refractivity contribution < 1.29 is 28.6 Å². The SMILES string of the molecule is CCCCCCCCOc1c(Br)cc(/C=C2/C(=O)NC(=O)N(c3ccc(OCc4ccccc4)cc3)C2=O)cc1OC. The minimum Gasteiger partial charge on any atom is -0.493 e. The van der Waals surface area contributed by atoms with E-state index in [-0.39, 0.29) is 5.57 Å². The van der Waals surface area contributed by atoms with Gasteiger partial charge in [-0.05, 0) is 76.0 Å². The van der Waals surface area contributed by atoms with E-state index in [1.165, 1.54) is 38.9 Å². The van der Waals surface area contributed by atoms with Gasteiger partial charge in [-0.2, -0.15) is 0 Å². The van der Waals surface area contributed by atoms with Crippen molar-refractivity contribution in [1.29, 1.82) is 0 Å². The van der Waals surface area contributed by atoms with Gasteiger partial charge in [0.2, 0.25) is 0 Å². The van der Waals surface area contributed by atoms with Crippen LogP contribution in [-0.4, -0.2) is 31.6 Å². The monoisotopic (exact) mass is 634 g/mol. The summed E-state index contributed by atoms with van der Waals surface area (Å²) in [4.78, 5) is 39.7. The van der Waals surface area contributed by atoms with Crippen LogP contribution in [-0.2, 0) is 16.2 Å². The normalized spacial score (nSPS) is 14.2. The summed E-state index contributed by atoms with van der Waals surface area (Å²) in [5.74, 6) is 0.0849. The zero-order chi connectivity index (χ0) is 29.9. The van der Waals surface area contributed by atoms with E-state index in [0.29, 0.717) is 46.2 Å². The smallest absolute Gasteiger partial charge is 0.335 e. The molecule has 0 unspecified atom stereocenters. The van der Waals surface area contributed by atoms with Crippen LogP contribution >= 0.6 is 15.9 Å². The molecule has 0 saturated carbocycles. The highest BCUT2D eigenvalue weighted by atomic mass is 79.9. The molecule has 1 saturated heterocycles. The summed E-state index contributed by atoms with van der Waals surface area (Å²) in [5, 5.41) is 2.26. The molecular weight excluding hydrogens is 600 g/mol. The number of benzene rings is 3. The van der Waals surface area contributed by atoms with Crippen molar-refractivity contribution in [2.75, 3.05) is 18.6 Å². The van der Waals surface area contributed by atoms with Crippen LogP contribution in [0.5, 0.6) is 17.2 Å². The molecule has 3 aromatic carbocycles. The van der Waals surface area contributed by atoms with Crippen molar-refractivity contribution in [2.45, 2.75) is 52.1 Å². The number of amides is 4. The van der Waals surface area contributed by atoms with Gasteiger partial charge in [-0.25, -0.2) is 9.69 Å². The second kappa shape index (κ2) is 15.2. The predicted molar refractivity (Wildman–Crippen MR) is 166 cm³/mol. The topological polar surface area (TPSA) is 94.2 Å². The van der Waals surface area contributed by atoms with Gasteiger partial charge in [0.05, 0.1) is 23.9 Å². The zero-order valence-electron chi connectivity index (χ0n) is 23.9. The predicted octanol–water partition coefficient (Wildman–Crippen LogP) is 7.44. The second-order valence-electron chi connectivity index (χ2n) is 9.88. The number of anilines is 1. The van der Waals surface area contributed by atoms with Crippen LogP contribution in [0.1, 0.15) is 56.6 Å². The third-order valence-electron chi connectivity index (χ3n) is 6.75. The van der Waals surface area contributed by atoms with Crippen molar-refractivity contribution in [3.63, 3.8) is 0 Å². The molecule has 220 valence electrons. The van der Waals surface area contributed by atoms with Crippen LogP contribution in [0.4, 0.5) is 10.5 Å². The summed E-state index contributed by atoms with van der Waals surface area (Å²) in [6, 6.07) is 18.9. The number of nitrogens with one attached hydrogen (secondary N) is 1. The lowest BCUT2D eigenvalue weighted by molar-refractivity contribution is -0.122. The Morgan fingerprint density at radius 3 is 2.31 bits per heavy atom. The van der Waals surface area contributed by atoms with E-state index >= 15 is 0 Å². The highest BCUT2D eigenvalue weighted by Gasteiger charge is 2.37. The van der Waals surface area contributed by atoms with Crippen molar-refractivity contribution in [3.05, 3.63) is 87.9 Å². The number of nitrogens with zero attached hydrogens (tertiary/aromatic N) is 1. The maximum absolute atomic E-state index is 13.4. The zero-order valence-corrected chi connectivity index (χ0v) is 25.4. The van der Waals surface area contributed by atoms with Crippen LogP contribution in [0.15, 0.2) is 76.8 Å². The number of barbiturate groups is 1. The van der Waals surface area contributed by atoms with Gasteiger partial charge in [-0.15, -0.1) is 0 Å². The van der Waals surface area contributed by atoms with Crippen LogP contribution < -0.4 is 24.4 Å². The molecule has 42 heavy (non-hydrogen) atoms. The first-order chi connectivity index (χ1) is 20.4. The summed E-state index contributed by atoms with van der Waals surface area (Å²) in [7, 11) is 1.53. The molecule has 4 amide bonds. The van der Waals surface area contributed by atoms with Crippen LogP contribution in [0.25, 0.3) is 6.08 Å². The lowest BCUT2D eigenvalue weighted by Gasteiger charge is -2.26. The number of hydrogen-bond donors (Lipinski definition) is 1. The average Bonchev–Trinajstić information content (AvgIpc) is 2.99. The fourth-order valence-electron chi connectivity index (χ4n) is 4.51. The molecule has 4 rings (SSSR count). The largest absolute Gasteiger partial charge is 0.493 e. The number of carbonyl (C=O) groups excluding carboxylic acids is 3. The molecule has 0 bridgehead atoms. The number of urea groups is 1. The van der Waals surface area contributed by atoms with Crippen molar-refractivity contribution >= 4 is 45.5 Å². The first kappa shape index (κ1) is 30.8. The van der Waals surface area contributed by atoms with E-state index in [1.54, 1.807) is 36.4 Å². The molecular formula is C33H35BrN2O6. The molecule has 1 aliphatic rings. The molecule has 3 aromatic rings. The fourth-order valence-corrected chi connectivity index (χ4v) is 5.08. The Hall–Kier alpha value is -4.11. The first-order valence-electron chi connectivity index (χ1n) is 14.1. The molecule has 0 radical (unpaired) electrons. The minimum absolute atomic E-state index is 0.186. The summed E-state index contributed by atoms with van der Waals surface area (Å²) >= 11 is 3.53. The standard InChI is InChI=1S/C33H35BrN2O6/c1-3-4-5-6-7-11-18-41-30-28(34)20-24(21-29(30)40-2)19-27-31(37)35-33(39)36(32(27)38)25-14-16-26(17-15-25)42-22-23-12-9-8-10-13-23/h8-10,12-17,19-21H,3-7,11,18,22H2,1-2H3,(H,35,37,39)/b27-19-. The summed E-state index contributed by atoms with van der Waals surface area (Å²) in [6.45, 7) is 3.13. The lowest BCUT2D eigenvalue weighted by atomic mass is 10.1. The average molecular weight is 636 g/mol. The highest BCUT2D eigenvalue weighted by Crippen LogP contribution is 2.38. The van der Waals surface area contributed by atoms with Gasteiger partial charge >= 0.3 is 6.03 Å². The third-order valence-corrected chi connectivity index (χ3v) is 7.34. The highest BCUT2D eigenvalue weighted by molar-refractivity contribution is 9.10. The summed E-state index contributed by atoms with van der Waals surface area (Å²) in [6.07, 6.45) is 8.34. The van der Waals surface area contributed by atoms with E-state index in [4.69, 9.17) is 14.2 Å². The Kier molecular flexibility index (Phi) is 11.2. The number of rotatable bonds is 14. The molecule has 1 heterocycles. The second-order valence-corrected chi connectivity index (χ2v) is 10.7. The fraction of sp³-hybridized carbons (Fsp3) is 0.303. The molecule has 1 fully saturated rings. The van der Waals surface area contributed by atoms with Crippen LogP contribution in [0.3, 0.4) is 0 Å². The van der Waals surface area contributed by atoms with Gasteiger partial charge in [0.25, 0.3) is 11.8 Å². The molecule has 0 spiro atoms. The minimum atomic E-state index is -0.822. The first-order valence-corrected chi connectivity index (χ1v) is 14.9. The van der Waals surface area contributed by atoms with Gasteiger partial charge in [-0.3, -0.25) is 14.9 Å². The lowest BCUT2D eigenvalue weighted by Crippen LogP contribution is -2.54.